The van der Waals surface area contributed by atoms with E-state index in [4.69, 9.17) is 0 Å². The number of rotatable bonds is 10. The maximum Gasteiger partial charge on any atom is 0.459 e. The Labute approximate surface area is 191 Å². The number of alkyl halides is 14. The minimum Gasteiger partial charge on any atom is -0.382 e. The lowest BCUT2D eigenvalue weighted by molar-refractivity contribution is -0.348. The first-order valence-corrected chi connectivity index (χ1v) is 11.3. The molecule has 0 bridgehead atoms. The van der Waals surface area contributed by atoms with Crippen molar-refractivity contribution in [2.75, 3.05) is 11.5 Å². The average Bonchev–Trinajstić information content (AvgIpc) is 2.58. The molecular formula is C14H8F14O6S2. The van der Waals surface area contributed by atoms with E-state index in [0.717, 1.165) is 0 Å². The summed E-state index contributed by atoms with van der Waals surface area (Å²) in [5, 5.41) is 0. The number of halogens is 14. The largest absolute Gasteiger partial charge is 0.459 e. The summed E-state index contributed by atoms with van der Waals surface area (Å²) < 4.78 is 230. The lowest BCUT2D eigenvalue weighted by Crippen LogP contribution is -2.55. The Hall–Kier alpha value is -2.26. The highest BCUT2D eigenvalue weighted by atomic mass is 32.2. The molecule has 0 saturated heterocycles. The van der Waals surface area contributed by atoms with Gasteiger partial charge in [0.25, 0.3) is 0 Å². The molecule has 0 aromatic heterocycles. The van der Waals surface area contributed by atoms with Crippen molar-refractivity contribution in [3.05, 3.63) is 24.3 Å². The van der Waals surface area contributed by atoms with Crippen molar-refractivity contribution in [2.24, 2.45) is 0 Å². The molecule has 1 rings (SSSR count). The fraction of sp³-hybridized carbons (Fsp3) is 0.571. The lowest BCUT2D eigenvalue weighted by Gasteiger charge is -2.27. The minimum atomic E-state index is -6.86. The van der Waals surface area contributed by atoms with Crippen LogP contribution in [0.5, 0.6) is 11.5 Å². The molecule has 1 aromatic carbocycles. The van der Waals surface area contributed by atoms with Gasteiger partial charge in [0, 0.05) is 0 Å². The number of hydrogen-bond donors (Lipinski definition) is 0. The highest BCUT2D eigenvalue weighted by Gasteiger charge is 2.75. The van der Waals surface area contributed by atoms with E-state index in [1.54, 1.807) is 0 Å². The van der Waals surface area contributed by atoms with Gasteiger partial charge in [0.1, 0.15) is 11.5 Å². The predicted octanol–water partition coefficient (Wildman–Crippen LogP) is 4.77. The van der Waals surface area contributed by atoms with Gasteiger partial charge in [-0.05, 0) is 24.3 Å². The molecule has 1 aromatic rings. The summed E-state index contributed by atoms with van der Waals surface area (Å²) in [6, 6.07) is 0.964. The van der Waals surface area contributed by atoms with Crippen LogP contribution in [-0.2, 0) is 20.2 Å². The first-order chi connectivity index (χ1) is 15.6. The summed E-state index contributed by atoms with van der Waals surface area (Å²) in [6.45, 7) is 0. The normalized spacial score (nSPS) is 15.1. The van der Waals surface area contributed by atoms with Crippen molar-refractivity contribution in [3.63, 3.8) is 0 Å². The highest BCUT2D eigenvalue weighted by molar-refractivity contribution is 7.87. The van der Waals surface area contributed by atoms with Gasteiger partial charge < -0.3 is 8.37 Å². The topological polar surface area (TPSA) is 86.7 Å². The summed E-state index contributed by atoms with van der Waals surface area (Å²) in [5.74, 6) is -34.8. The minimum absolute atomic E-state index is 0.241. The molecule has 0 saturated carbocycles. The van der Waals surface area contributed by atoms with E-state index in [1.165, 1.54) is 0 Å². The van der Waals surface area contributed by atoms with Gasteiger partial charge in [-0.25, -0.2) is 0 Å². The Morgan fingerprint density at radius 1 is 0.500 bits per heavy atom. The van der Waals surface area contributed by atoms with Crippen molar-refractivity contribution >= 4 is 20.2 Å². The highest BCUT2D eigenvalue weighted by Crippen LogP contribution is 2.48. The van der Waals surface area contributed by atoms with Crippen molar-refractivity contribution in [3.8, 4) is 11.5 Å². The van der Waals surface area contributed by atoms with Crippen molar-refractivity contribution in [1.29, 1.82) is 0 Å². The molecule has 0 aliphatic heterocycles. The molecule has 0 N–H and O–H groups in total. The van der Waals surface area contributed by atoms with E-state index in [1.807, 2.05) is 0 Å². The second-order valence-corrected chi connectivity index (χ2v) is 9.74. The van der Waals surface area contributed by atoms with Crippen LogP contribution in [0.4, 0.5) is 61.5 Å². The van der Waals surface area contributed by atoms with Gasteiger partial charge in [-0.2, -0.15) is 78.3 Å². The first kappa shape index (κ1) is 31.8. The van der Waals surface area contributed by atoms with Crippen LogP contribution in [0.15, 0.2) is 24.3 Å². The van der Waals surface area contributed by atoms with E-state index in [0.29, 0.717) is 0 Å². The van der Waals surface area contributed by atoms with Crippen molar-refractivity contribution in [2.45, 2.75) is 36.0 Å². The molecule has 0 spiro atoms. The zero-order chi connectivity index (χ0) is 28.8. The Kier molecular flexibility index (Phi) is 8.16. The van der Waals surface area contributed by atoms with Gasteiger partial charge in [-0.1, -0.05) is 0 Å². The van der Waals surface area contributed by atoms with Gasteiger partial charge >= 0.3 is 56.3 Å². The van der Waals surface area contributed by atoms with Crippen LogP contribution in [-0.4, -0.2) is 64.4 Å². The third-order valence-corrected chi connectivity index (χ3v) is 5.94. The third kappa shape index (κ3) is 6.94. The third-order valence-electron chi connectivity index (χ3n) is 3.62. The molecule has 0 unspecified atom stereocenters. The van der Waals surface area contributed by atoms with E-state index >= 15 is 0 Å². The van der Waals surface area contributed by atoms with Gasteiger partial charge in [-0.3, -0.25) is 0 Å². The molecule has 0 fully saturated rings. The zero-order valence-corrected chi connectivity index (χ0v) is 17.9. The Morgan fingerprint density at radius 2 is 0.722 bits per heavy atom. The quantitative estimate of drug-likeness (QED) is 0.284. The van der Waals surface area contributed by atoms with Crippen LogP contribution in [0.2, 0.25) is 0 Å². The summed E-state index contributed by atoms with van der Waals surface area (Å²) in [5.41, 5.74) is 0. The zero-order valence-electron chi connectivity index (χ0n) is 16.3. The molecule has 0 atom stereocenters. The molecule has 36 heavy (non-hydrogen) atoms. The molecule has 0 heterocycles. The van der Waals surface area contributed by atoms with Crippen LogP contribution in [0.3, 0.4) is 0 Å². The van der Waals surface area contributed by atoms with Gasteiger partial charge in [0.2, 0.25) is 0 Å². The molecule has 0 aliphatic carbocycles. The molecule has 6 nitrogen and oxygen atoms in total. The lowest BCUT2D eigenvalue weighted by atomic mass is 10.2. The summed E-state index contributed by atoms with van der Waals surface area (Å²) in [6.07, 6.45) is -13.7. The second-order valence-electron chi connectivity index (χ2n) is 6.60. The monoisotopic (exact) mass is 602 g/mol. The van der Waals surface area contributed by atoms with Crippen LogP contribution < -0.4 is 8.37 Å². The summed E-state index contributed by atoms with van der Waals surface area (Å²) in [7, 11) is -11.8. The van der Waals surface area contributed by atoms with Crippen LogP contribution in [0.25, 0.3) is 0 Å². The fourth-order valence-electron chi connectivity index (χ4n) is 1.94. The standard InChI is InChI=1S/C14H8F14O6S2/c15-9(16,11(19,20)13(23,24)25)5-35(29,30)33-7-1-2-8(4-3-7)34-36(31,32)6-10(17,18)12(21,22)14(26,27)28/h1-4H,5-6H2. The molecule has 0 radical (unpaired) electrons. The SMILES string of the molecule is O=S(=O)(CC(F)(F)C(F)(F)C(F)(F)F)Oc1ccc(OS(=O)(=O)CC(F)(F)C(F)(F)C(F)(F)F)cc1. The van der Waals surface area contributed by atoms with E-state index in [9.17, 15) is 78.3 Å². The fourth-order valence-corrected chi connectivity index (χ4v) is 4.12. The smallest absolute Gasteiger partial charge is 0.382 e. The van der Waals surface area contributed by atoms with Gasteiger partial charge in [0.15, 0.2) is 11.5 Å². The molecule has 0 aliphatic rings. The maximum absolute atomic E-state index is 13.2. The molecule has 210 valence electrons. The van der Waals surface area contributed by atoms with E-state index in [2.05, 4.69) is 8.37 Å². The summed E-state index contributed by atoms with van der Waals surface area (Å²) >= 11 is 0. The van der Waals surface area contributed by atoms with Crippen LogP contribution >= 0.6 is 0 Å². The molecule has 0 amide bonds. The molecule has 22 heteroatoms. The van der Waals surface area contributed by atoms with Crippen molar-refractivity contribution in [1.82, 2.24) is 0 Å². The van der Waals surface area contributed by atoms with E-state index in [-0.39, 0.29) is 24.3 Å². The average molecular weight is 602 g/mol. The van der Waals surface area contributed by atoms with Gasteiger partial charge in [-0.15, -0.1) is 0 Å². The number of benzene rings is 1. The second kappa shape index (κ2) is 9.24. The van der Waals surface area contributed by atoms with Crippen molar-refractivity contribution < 1.29 is 86.7 Å². The Balaban J connectivity index is 3.01. The number of hydrogen-bond acceptors (Lipinski definition) is 6. The Bertz CT molecular complexity index is 1050. The predicted molar refractivity (Wildman–Crippen MR) is 87.2 cm³/mol. The van der Waals surface area contributed by atoms with Gasteiger partial charge in [0.05, 0.1) is 0 Å². The maximum atomic E-state index is 13.2. The first-order valence-electron chi connectivity index (χ1n) is 8.16. The summed E-state index contributed by atoms with van der Waals surface area (Å²) in [4.78, 5) is 0. The van der Waals surface area contributed by atoms with E-state index < -0.39 is 79.3 Å². The van der Waals surface area contributed by atoms with Crippen LogP contribution in [0.1, 0.15) is 0 Å². The van der Waals surface area contributed by atoms with Crippen LogP contribution in [0, 0.1) is 0 Å². The Morgan fingerprint density at radius 3 is 0.917 bits per heavy atom. The molecular weight excluding hydrogens is 594 g/mol.